The number of likely N-dealkylation sites (tertiary alicyclic amines) is 1. The van der Waals surface area contributed by atoms with Gasteiger partial charge >= 0.3 is 6.18 Å². The lowest BCUT2D eigenvalue weighted by Crippen LogP contribution is -2.44. The lowest BCUT2D eigenvalue weighted by atomic mass is 9.99. The average Bonchev–Trinajstić information content (AvgIpc) is 3.18. The molecular formula is C20H24F3N3O. The van der Waals surface area contributed by atoms with E-state index >= 15 is 0 Å². The zero-order valence-corrected chi connectivity index (χ0v) is 15.2. The SMILES string of the molecule is FC(F)(F)c1ccc(-c2nccn2C2CCN(C3CCOCC3)CC2)cc1. The highest BCUT2D eigenvalue weighted by Crippen LogP contribution is 2.33. The maximum atomic E-state index is 12.8. The van der Waals surface area contributed by atoms with Gasteiger partial charge in [-0.15, -0.1) is 0 Å². The Kier molecular flexibility index (Phi) is 5.23. The Morgan fingerprint density at radius 3 is 2.22 bits per heavy atom. The first kappa shape index (κ1) is 18.5. The molecule has 3 heterocycles. The molecule has 0 bridgehead atoms. The summed E-state index contributed by atoms with van der Waals surface area (Å²) >= 11 is 0. The maximum absolute atomic E-state index is 12.8. The molecule has 0 N–H and O–H groups in total. The number of imidazole rings is 1. The number of alkyl halides is 3. The first-order valence-electron chi connectivity index (χ1n) is 9.54. The first-order chi connectivity index (χ1) is 13.0. The monoisotopic (exact) mass is 379 g/mol. The molecule has 2 saturated heterocycles. The molecule has 1 aromatic heterocycles. The van der Waals surface area contributed by atoms with Crippen molar-refractivity contribution in [3.8, 4) is 11.4 Å². The summed E-state index contributed by atoms with van der Waals surface area (Å²) < 4.78 is 46.0. The molecular weight excluding hydrogens is 355 g/mol. The summed E-state index contributed by atoms with van der Waals surface area (Å²) in [7, 11) is 0. The molecule has 2 aliphatic heterocycles. The van der Waals surface area contributed by atoms with Crippen LogP contribution in [0.2, 0.25) is 0 Å². The van der Waals surface area contributed by atoms with E-state index in [9.17, 15) is 13.2 Å². The molecule has 4 nitrogen and oxygen atoms in total. The first-order valence-corrected chi connectivity index (χ1v) is 9.54. The molecule has 4 rings (SSSR count). The van der Waals surface area contributed by atoms with E-state index in [0.29, 0.717) is 12.1 Å². The fourth-order valence-corrected chi connectivity index (χ4v) is 4.22. The van der Waals surface area contributed by atoms with E-state index in [1.165, 1.54) is 12.1 Å². The molecule has 0 amide bonds. The Morgan fingerprint density at radius 2 is 1.59 bits per heavy atom. The number of aromatic nitrogens is 2. The molecule has 1 aromatic carbocycles. The van der Waals surface area contributed by atoms with Crippen molar-refractivity contribution >= 4 is 0 Å². The Bertz CT molecular complexity index is 743. The smallest absolute Gasteiger partial charge is 0.381 e. The molecule has 2 aromatic rings. The fourth-order valence-electron chi connectivity index (χ4n) is 4.22. The van der Waals surface area contributed by atoms with Crippen molar-refractivity contribution in [2.45, 2.75) is 43.9 Å². The van der Waals surface area contributed by atoms with E-state index in [1.54, 1.807) is 6.20 Å². The highest BCUT2D eigenvalue weighted by atomic mass is 19.4. The van der Waals surface area contributed by atoms with Crippen molar-refractivity contribution in [2.24, 2.45) is 0 Å². The molecule has 2 fully saturated rings. The van der Waals surface area contributed by atoms with Gasteiger partial charge in [-0.1, -0.05) is 12.1 Å². The molecule has 0 saturated carbocycles. The maximum Gasteiger partial charge on any atom is 0.416 e. The van der Waals surface area contributed by atoms with Crippen LogP contribution in [0.3, 0.4) is 0 Å². The largest absolute Gasteiger partial charge is 0.416 e. The van der Waals surface area contributed by atoms with Crippen LogP contribution in [-0.2, 0) is 10.9 Å². The normalized spacial score (nSPS) is 20.9. The number of ether oxygens (including phenoxy) is 1. The van der Waals surface area contributed by atoms with Gasteiger partial charge in [0.15, 0.2) is 0 Å². The third kappa shape index (κ3) is 4.04. The highest BCUT2D eigenvalue weighted by molar-refractivity contribution is 5.56. The van der Waals surface area contributed by atoms with Crippen molar-refractivity contribution in [1.29, 1.82) is 0 Å². The molecule has 0 radical (unpaired) electrons. The van der Waals surface area contributed by atoms with Crippen LogP contribution in [0.1, 0.15) is 37.3 Å². The predicted molar refractivity (Wildman–Crippen MR) is 96.4 cm³/mol. The van der Waals surface area contributed by atoms with Crippen LogP contribution < -0.4 is 0 Å². The van der Waals surface area contributed by atoms with Crippen molar-refractivity contribution in [3.05, 3.63) is 42.2 Å². The quantitative estimate of drug-likeness (QED) is 0.793. The van der Waals surface area contributed by atoms with Crippen molar-refractivity contribution in [2.75, 3.05) is 26.3 Å². The molecule has 0 spiro atoms. The van der Waals surface area contributed by atoms with E-state index in [2.05, 4.69) is 14.5 Å². The van der Waals surface area contributed by atoms with Gasteiger partial charge in [-0.2, -0.15) is 13.2 Å². The van der Waals surface area contributed by atoms with E-state index in [0.717, 1.165) is 75.5 Å². The lowest BCUT2D eigenvalue weighted by Gasteiger charge is -2.39. The van der Waals surface area contributed by atoms with E-state index < -0.39 is 11.7 Å². The highest BCUT2D eigenvalue weighted by Gasteiger charge is 2.31. The molecule has 146 valence electrons. The predicted octanol–water partition coefficient (Wildman–Crippen LogP) is 4.38. The van der Waals surface area contributed by atoms with Gasteiger partial charge in [0.05, 0.1) is 5.56 Å². The summed E-state index contributed by atoms with van der Waals surface area (Å²) in [6.07, 6.45) is 3.63. The zero-order valence-electron chi connectivity index (χ0n) is 15.2. The standard InChI is InChI=1S/C20H24F3N3O/c21-20(22,23)16-3-1-15(2-4-16)19-24-9-12-26(19)18-5-10-25(11-6-18)17-7-13-27-14-8-17/h1-4,9,12,17-18H,5-8,10-11,13-14H2. The number of piperidine rings is 1. The Hall–Kier alpha value is -1.86. The van der Waals surface area contributed by atoms with Crippen molar-refractivity contribution in [1.82, 2.24) is 14.5 Å². The average molecular weight is 379 g/mol. The zero-order chi connectivity index (χ0) is 18.9. The van der Waals surface area contributed by atoms with E-state index in [1.807, 2.05) is 6.20 Å². The summed E-state index contributed by atoms with van der Waals surface area (Å²) in [5.74, 6) is 0.744. The number of halogens is 3. The second kappa shape index (κ2) is 7.64. The number of nitrogens with zero attached hydrogens (tertiary/aromatic N) is 3. The Morgan fingerprint density at radius 1 is 0.926 bits per heavy atom. The van der Waals surface area contributed by atoms with Gasteiger partial charge in [0.25, 0.3) is 0 Å². The second-order valence-corrected chi connectivity index (χ2v) is 7.34. The van der Waals surface area contributed by atoms with Gasteiger partial charge in [0.2, 0.25) is 0 Å². The van der Waals surface area contributed by atoms with Gasteiger partial charge in [0.1, 0.15) is 5.82 Å². The molecule has 27 heavy (non-hydrogen) atoms. The van der Waals surface area contributed by atoms with Crippen LogP contribution in [0.25, 0.3) is 11.4 Å². The van der Waals surface area contributed by atoms with Crippen LogP contribution in [0.15, 0.2) is 36.7 Å². The van der Waals surface area contributed by atoms with Crippen molar-refractivity contribution < 1.29 is 17.9 Å². The Labute approximate surface area is 156 Å². The third-order valence-corrected chi connectivity index (χ3v) is 5.74. The van der Waals surface area contributed by atoms with Crippen LogP contribution in [-0.4, -0.2) is 46.8 Å². The minimum absolute atomic E-state index is 0.334. The number of hydrogen-bond donors (Lipinski definition) is 0. The van der Waals surface area contributed by atoms with Gasteiger partial charge in [0, 0.05) is 56.3 Å². The van der Waals surface area contributed by atoms with Gasteiger partial charge in [-0.05, 0) is 37.8 Å². The Balaban J connectivity index is 1.45. The van der Waals surface area contributed by atoms with E-state index in [-0.39, 0.29) is 0 Å². The molecule has 7 heteroatoms. The van der Waals surface area contributed by atoms with Gasteiger partial charge in [-0.25, -0.2) is 4.98 Å². The van der Waals surface area contributed by atoms with Crippen LogP contribution in [0.5, 0.6) is 0 Å². The van der Waals surface area contributed by atoms with Crippen molar-refractivity contribution in [3.63, 3.8) is 0 Å². The minimum atomic E-state index is -4.31. The van der Waals surface area contributed by atoms with E-state index in [4.69, 9.17) is 4.74 Å². The summed E-state index contributed by atoms with van der Waals surface area (Å²) in [6, 6.07) is 6.24. The second-order valence-electron chi connectivity index (χ2n) is 7.34. The van der Waals surface area contributed by atoms with Crippen LogP contribution >= 0.6 is 0 Å². The number of benzene rings is 1. The molecule has 2 aliphatic rings. The van der Waals surface area contributed by atoms with Crippen LogP contribution in [0.4, 0.5) is 13.2 Å². The number of rotatable bonds is 3. The molecule has 0 atom stereocenters. The summed E-state index contributed by atoms with van der Waals surface area (Å²) in [5.41, 5.74) is 0.0917. The molecule has 0 aliphatic carbocycles. The third-order valence-electron chi connectivity index (χ3n) is 5.74. The number of hydrogen-bond acceptors (Lipinski definition) is 3. The lowest BCUT2D eigenvalue weighted by molar-refractivity contribution is -0.137. The minimum Gasteiger partial charge on any atom is -0.381 e. The molecule has 0 unspecified atom stereocenters. The summed E-state index contributed by atoms with van der Waals surface area (Å²) in [6.45, 7) is 3.79. The fraction of sp³-hybridized carbons (Fsp3) is 0.550. The van der Waals surface area contributed by atoms with Gasteiger partial charge in [-0.3, -0.25) is 0 Å². The topological polar surface area (TPSA) is 30.3 Å². The summed E-state index contributed by atoms with van der Waals surface area (Å²) in [4.78, 5) is 6.98. The summed E-state index contributed by atoms with van der Waals surface area (Å²) in [5, 5.41) is 0. The van der Waals surface area contributed by atoms with Gasteiger partial charge < -0.3 is 14.2 Å². The van der Waals surface area contributed by atoms with Crippen LogP contribution in [0, 0.1) is 0 Å².